The molecule has 1 aliphatic rings. The van der Waals surface area contributed by atoms with Crippen LogP contribution in [0.25, 0.3) is 97.7 Å². The Labute approximate surface area is 445 Å². The molecule has 0 bridgehead atoms. The van der Waals surface area contributed by atoms with Crippen LogP contribution < -0.4 is 4.90 Å². The number of hydrogen-bond donors (Lipinski definition) is 0. The highest BCUT2D eigenvalue weighted by Crippen LogP contribution is 2.59. The molecule has 76 heavy (non-hydrogen) atoms. The molecule has 2 nitrogen and oxygen atoms in total. The van der Waals surface area contributed by atoms with Crippen LogP contribution >= 0.6 is 11.3 Å². The highest BCUT2D eigenvalue weighted by Gasteiger charge is 2.47. The van der Waals surface area contributed by atoms with Crippen molar-refractivity contribution in [1.82, 2.24) is 0 Å². The van der Waals surface area contributed by atoms with Crippen LogP contribution in [0.1, 0.15) is 22.3 Å². The van der Waals surface area contributed by atoms with Crippen LogP contribution in [0.4, 0.5) is 17.1 Å². The minimum absolute atomic E-state index is 0.532. The van der Waals surface area contributed by atoms with E-state index in [0.717, 1.165) is 61.3 Å². The molecule has 0 saturated carbocycles. The van der Waals surface area contributed by atoms with E-state index in [1.807, 2.05) is 23.5 Å². The Hall–Kier alpha value is -9.54. The van der Waals surface area contributed by atoms with Crippen molar-refractivity contribution in [1.29, 1.82) is 0 Å². The van der Waals surface area contributed by atoms with Crippen molar-refractivity contribution in [3.05, 3.63) is 307 Å². The molecule has 12 aromatic carbocycles. The average Bonchev–Trinajstić information content (AvgIpc) is 4.19. The molecule has 0 spiro atoms. The van der Waals surface area contributed by atoms with Gasteiger partial charge in [0.15, 0.2) is 0 Å². The van der Waals surface area contributed by atoms with Crippen molar-refractivity contribution >= 4 is 70.5 Å². The number of hydrogen-bond acceptors (Lipinski definition) is 3. The molecule has 15 rings (SSSR count). The summed E-state index contributed by atoms with van der Waals surface area (Å²) in [4.78, 5) is 2.47. The van der Waals surface area contributed by atoms with Gasteiger partial charge in [0, 0.05) is 47.9 Å². The quantitative estimate of drug-likeness (QED) is 0.143. The van der Waals surface area contributed by atoms with Crippen molar-refractivity contribution < 1.29 is 4.42 Å². The van der Waals surface area contributed by atoms with E-state index in [1.54, 1.807) is 0 Å². The second-order valence-corrected chi connectivity index (χ2v) is 21.0. The summed E-state index contributed by atoms with van der Waals surface area (Å²) in [7, 11) is 0. The zero-order valence-corrected chi connectivity index (χ0v) is 42.2. The molecule has 14 aromatic rings. The molecule has 0 fully saturated rings. The summed E-state index contributed by atoms with van der Waals surface area (Å²) in [6, 6.07) is 105. The summed E-state index contributed by atoms with van der Waals surface area (Å²) >= 11 is 1.86. The van der Waals surface area contributed by atoms with E-state index in [0.29, 0.717) is 0 Å². The lowest BCUT2D eigenvalue weighted by atomic mass is 9.68. The summed E-state index contributed by atoms with van der Waals surface area (Å²) in [5, 5.41) is 4.89. The van der Waals surface area contributed by atoms with Gasteiger partial charge < -0.3 is 9.32 Å². The Bertz CT molecular complexity index is 4270. The first-order valence-corrected chi connectivity index (χ1v) is 26.9. The van der Waals surface area contributed by atoms with Crippen molar-refractivity contribution in [2.45, 2.75) is 5.41 Å². The number of thiophene rings is 1. The zero-order valence-electron chi connectivity index (χ0n) is 41.4. The molecule has 0 aliphatic heterocycles. The van der Waals surface area contributed by atoms with Gasteiger partial charge in [-0.1, -0.05) is 206 Å². The molecule has 0 atom stereocenters. The molecule has 0 N–H and O–H groups in total. The average molecular weight is 986 g/mol. The van der Waals surface area contributed by atoms with Crippen LogP contribution in [-0.2, 0) is 5.41 Å². The summed E-state index contributed by atoms with van der Waals surface area (Å²) in [5.41, 5.74) is 21.5. The van der Waals surface area contributed by atoms with Crippen LogP contribution in [0.2, 0.25) is 0 Å². The number of fused-ring (bicyclic) bond motifs is 9. The number of para-hydroxylation sites is 1. The van der Waals surface area contributed by atoms with Crippen LogP contribution in [0.3, 0.4) is 0 Å². The van der Waals surface area contributed by atoms with E-state index in [9.17, 15) is 0 Å². The van der Waals surface area contributed by atoms with Gasteiger partial charge in [0.1, 0.15) is 11.2 Å². The van der Waals surface area contributed by atoms with Gasteiger partial charge in [-0.25, -0.2) is 0 Å². The summed E-state index contributed by atoms with van der Waals surface area (Å²) in [6.07, 6.45) is 0. The van der Waals surface area contributed by atoms with Gasteiger partial charge in [0.05, 0.1) is 11.1 Å². The van der Waals surface area contributed by atoms with Crippen LogP contribution in [0.5, 0.6) is 0 Å². The first-order valence-electron chi connectivity index (χ1n) is 26.0. The van der Waals surface area contributed by atoms with Gasteiger partial charge in [0.25, 0.3) is 0 Å². The minimum Gasteiger partial charge on any atom is -0.456 e. The Kier molecular flexibility index (Phi) is 10.3. The lowest BCUT2D eigenvalue weighted by molar-refractivity contribution is 0.669. The Balaban J connectivity index is 0.855. The second kappa shape index (κ2) is 17.8. The van der Waals surface area contributed by atoms with E-state index >= 15 is 0 Å². The zero-order chi connectivity index (χ0) is 50.2. The molecule has 2 aromatic heterocycles. The molecule has 356 valence electrons. The van der Waals surface area contributed by atoms with E-state index < -0.39 is 5.41 Å². The number of anilines is 3. The molecular formula is C73H47NOS. The van der Waals surface area contributed by atoms with Gasteiger partial charge in [-0.05, 0) is 151 Å². The SMILES string of the molecule is c1ccc(C2(c3ccccc3)c3ccccc3-c3c(N(c4ccc(-c5cccc(-c6ccc7oc8ccccc8c7c6)c5)cc4)c4ccc(-c5cccc(-c6ccc7sc8ccccc8c7c6)c5)cc4)cccc32)cc1. The topological polar surface area (TPSA) is 16.4 Å². The van der Waals surface area contributed by atoms with Gasteiger partial charge >= 0.3 is 0 Å². The monoisotopic (exact) mass is 985 g/mol. The first kappa shape index (κ1) is 44.0. The highest BCUT2D eigenvalue weighted by atomic mass is 32.1. The van der Waals surface area contributed by atoms with Crippen molar-refractivity contribution in [2.75, 3.05) is 4.90 Å². The van der Waals surface area contributed by atoms with Crippen molar-refractivity contribution in [3.8, 4) is 55.6 Å². The maximum absolute atomic E-state index is 6.18. The lowest BCUT2D eigenvalue weighted by Gasteiger charge is -2.34. The van der Waals surface area contributed by atoms with E-state index in [2.05, 4.69) is 278 Å². The van der Waals surface area contributed by atoms with Crippen molar-refractivity contribution in [3.63, 3.8) is 0 Å². The molecule has 3 heteroatoms. The molecular weight excluding hydrogens is 939 g/mol. The standard InChI is InChI=1S/C73H47NOS/c1-3-20-56(21-4-1)73(57-22-5-2-6-23-57)65-27-10-7-26-62(65)72-66(73)28-15-29-67(72)74(58-38-32-48(33-39-58)50-16-13-18-52(44-50)54-36-42-69-63(46-54)60-24-8-11-30-68(60)75-69)59-40-34-49(35-41-59)51-17-14-19-53(45-51)55-37-43-71-64(47-55)61-25-9-12-31-70(61)76-71/h1-47H. The lowest BCUT2D eigenvalue weighted by Crippen LogP contribution is -2.28. The van der Waals surface area contributed by atoms with Gasteiger partial charge in [-0.2, -0.15) is 0 Å². The Morgan fingerprint density at radius 1 is 0.303 bits per heavy atom. The molecule has 0 saturated heterocycles. The minimum atomic E-state index is -0.532. The number of rotatable bonds is 9. The highest BCUT2D eigenvalue weighted by molar-refractivity contribution is 7.25. The largest absolute Gasteiger partial charge is 0.456 e. The number of furan rings is 1. The predicted octanol–water partition coefficient (Wildman–Crippen LogP) is 20.5. The Morgan fingerprint density at radius 3 is 1.45 bits per heavy atom. The number of nitrogens with zero attached hydrogens (tertiary/aromatic N) is 1. The van der Waals surface area contributed by atoms with E-state index in [-0.39, 0.29) is 0 Å². The molecule has 2 heterocycles. The first-order chi connectivity index (χ1) is 37.7. The summed E-state index contributed by atoms with van der Waals surface area (Å²) < 4.78 is 8.82. The van der Waals surface area contributed by atoms with Crippen LogP contribution in [0, 0.1) is 0 Å². The fraction of sp³-hybridized carbons (Fsp3) is 0.0137. The molecule has 0 unspecified atom stereocenters. The second-order valence-electron chi connectivity index (χ2n) is 19.9. The third-order valence-electron chi connectivity index (χ3n) is 15.8. The molecule has 1 aliphatic carbocycles. The van der Waals surface area contributed by atoms with Crippen molar-refractivity contribution in [2.24, 2.45) is 0 Å². The van der Waals surface area contributed by atoms with Crippen LogP contribution in [-0.4, -0.2) is 0 Å². The maximum Gasteiger partial charge on any atom is 0.135 e. The smallest absolute Gasteiger partial charge is 0.135 e. The normalized spacial score (nSPS) is 12.6. The predicted molar refractivity (Wildman–Crippen MR) is 320 cm³/mol. The van der Waals surface area contributed by atoms with Gasteiger partial charge in [-0.3, -0.25) is 0 Å². The maximum atomic E-state index is 6.18. The molecule has 0 radical (unpaired) electrons. The third-order valence-corrected chi connectivity index (χ3v) is 16.9. The summed E-state index contributed by atoms with van der Waals surface area (Å²) in [5.74, 6) is 0. The Morgan fingerprint density at radius 2 is 0.776 bits per heavy atom. The van der Waals surface area contributed by atoms with Crippen LogP contribution in [0.15, 0.2) is 290 Å². The summed E-state index contributed by atoms with van der Waals surface area (Å²) in [6.45, 7) is 0. The molecule has 0 amide bonds. The van der Waals surface area contributed by atoms with Gasteiger partial charge in [-0.15, -0.1) is 11.3 Å². The number of benzene rings is 12. The van der Waals surface area contributed by atoms with E-state index in [4.69, 9.17) is 4.42 Å². The fourth-order valence-electron chi connectivity index (χ4n) is 12.3. The fourth-order valence-corrected chi connectivity index (χ4v) is 13.3. The third kappa shape index (κ3) is 7.08. The van der Waals surface area contributed by atoms with Gasteiger partial charge in [0.2, 0.25) is 0 Å². The van der Waals surface area contributed by atoms with E-state index in [1.165, 1.54) is 75.8 Å².